The van der Waals surface area contributed by atoms with Crippen LogP contribution in [0, 0.1) is 0 Å². The number of nitrogens with one attached hydrogen (secondary N) is 2. The third-order valence-corrected chi connectivity index (χ3v) is 15.2. The number of thiazole rings is 1. The SMILES string of the molecule is COc1ccc(COC(=O)C2=C(SCc3ccccn3)CS[C@@H]3[C@H](NC(=O)/C(=N\OCc4ccc(OC)cc4OC)c4csc(NC(c5ccccc5)(c5ccccc5)c5ccccc5)n4)C(=O)N23)cc1. The van der Waals surface area contributed by atoms with E-state index in [1.165, 1.54) is 46.9 Å². The zero-order chi connectivity index (χ0) is 49.2. The molecule has 71 heavy (non-hydrogen) atoms. The summed E-state index contributed by atoms with van der Waals surface area (Å²) in [6.07, 6.45) is 1.71. The Balaban J connectivity index is 1.01. The molecule has 0 bridgehead atoms. The van der Waals surface area contributed by atoms with Crippen molar-refractivity contribution in [2.75, 3.05) is 32.4 Å². The highest BCUT2D eigenvalue weighted by atomic mass is 32.2. The van der Waals surface area contributed by atoms with Crippen LogP contribution in [0.3, 0.4) is 0 Å². The van der Waals surface area contributed by atoms with Gasteiger partial charge in [0.2, 0.25) is 0 Å². The number of benzene rings is 5. The fourth-order valence-corrected chi connectivity index (χ4v) is 11.5. The number of esters is 1. The van der Waals surface area contributed by atoms with Crippen molar-refractivity contribution in [3.05, 3.63) is 213 Å². The summed E-state index contributed by atoms with van der Waals surface area (Å²) in [6, 6.07) is 47.3. The van der Waals surface area contributed by atoms with Crippen molar-refractivity contribution >= 4 is 63.5 Å². The lowest BCUT2D eigenvalue weighted by Crippen LogP contribution is -2.71. The summed E-state index contributed by atoms with van der Waals surface area (Å²) in [6.45, 7) is -0.0981. The molecule has 360 valence electrons. The number of carbonyl (C=O) groups excluding carboxylic acids is 3. The van der Waals surface area contributed by atoms with E-state index in [1.54, 1.807) is 68.3 Å². The minimum atomic E-state index is -1.02. The molecular weight excluding hydrogens is 957 g/mol. The van der Waals surface area contributed by atoms with Gasteiger partial charge in [0, 0.05) is 39.6 Å². The highest BCUT2D eigenvalue weighted by Gasteiger charge is 2.55. The molecule has 2 amide bonds. The van der Waals surface area contributed by atoms with Gasteiger partial charge in [0.05, 0.1) is 27.0 Å². The van der Waals surface area contributed by atoms with Crippen molar-refractivity contribution in [1.82, 2.24) is 20.2 Å². The quantitative estimate of drug-likeness (QED) is 0.0245. The van der Waals surface area contributed by atoms with Crippen LogP contribution in [0.25, 0.3) is 0 Å². The predicted octanol–water partition coefficient (Wildman–Crippen LogP) is 9.18. The molecule has 1 fully saturated rings. The Bertz CT molecular complexity index is 2940. The van der Waals surface area contributed by atoms with E-state index >= 15 is 0 Å². The van der Waals surface area contributed by atoms with Crippen LogP contribution in [0.1, 0.15) is 39.2 Å². The normalized spacial score (nSPS) is 15.5. The van der Waals surface area contributed by atoms with Gasteiger partial charge in [0.15, 0.2) is 10.8 Å². The van der Waals surface area contributed by atoms with Gasteiger partial charge in [-0.05, 0) is 58.7 Å². The number of pyridine rings is 1. The zero-order valence-corrected chi connectivity index (χ0v) is 41.3. The minimum Gasteiger partial charge on any atom is -0.497 e. The van der Waals surface area contributed by atoms with E-state index in [1.807, 2.05) is 72.8 Å². The van der Waals surface area contributed by atoms with Gasteiger partial charge in [-0.25, -0.2) is 9.78 Å². The fraction of sp³-hybridized carbons (Fsp3) is 0.185. The molecule has 2 aromatic heterocycles. The van der Waals surface area contributed by atoms with Crippen LogP contribution in [0.15, 0.2) is 179 Å². The van der Waals surface area contributed by atoms with Gasteiger partial charge in [-0.1, -0.05) is 114 Å². The van der Waals surface area contributed by atoms with Crippen molar-refractivity contribution in [1.29, 1.82) is 0 Å². The molecular formula is C54H48N6O8S3. The first-order valence-corrected chi connectivity index (χ1v) is 25.3. The number of fused-ring (bicyclic) bond motifs is 1. The average Bonchev–Trinajstić information content (AvgIpc) is 3.90. The lowest BCUT2D eigenvalue weighted by molar-refractivity contribution is -0.153. The van der Waals surface area contributed by atoms with Crippen LogP contribution in [-0.2, 0) is 48.5 Å². The maximum atomic E-state index is 14.7. The standard InChI is InChI=1S/C54H48N6O8S3/c1-64-41-25-22-35(23-26-41)30-67-52(63)48-45(69-32-40-21-13-14-28-55-40)34-70-51-47(50(62)60(48)51)57-49(61)46(59-68-31-36-24-27-42(65-2)29-44(36)66-3)43-33-71-53(56-43)58-54(37-15-7-4-8-16-37,38-17-9-5-10-18-38)39-19-11-6-12-20-39/h4-29,33,47,51H,30-32,34H2,1-3H3,(H,56,58)(H,57,61)/b59-46-/t47-,51-/m1/s1. The van der Waals surface area contributed by atoms with Gasteiger partial charge in [-0.15, -0.1) is 34.9 Å². The molecule has 5 aromatic carbocycles. The summed E-state index contributed by atoms with van der Waals surface area (Å²) in [5.41, 5.74) is 4.37. The van der Waals surface area contributed by atoms with Crippen molar-refractivity contribution in [2.45, 2.75) is 35.9 Å². The molecule has 0 spiro atoms. The molecule has 0 radical (unpaired) electrons. The van der Waals surface area contributed by atoms with E-state index in [4.69, 9.17) is 28.8 Å². The zero-order valence-electron chi connectivity index (χ0n) is 38.9. The number of carbonyl (C=O) groups is 3. The molecule has 2 atom stereocenters. The number of ether oxygens (including phenoxy) is 4. The maximum absolute atomic E-state index is 14.7. The number of thioether (sulfide) groups is 2. The van der Waals surface area contributed by atoms with Crippen molar-refractivity contribution in [3.63, 3.8) is 0 Å². The van der Waals surface area contributed by atoms with Crippen LogP contribution in [0.2, 0.25) is 0 Å². The first kappa shape index (κ1) is 48.4. The molecule has 0 aliphatic carbocycles. The third-order valence-electron chi connectivity index (χ3n) is 11.8. The number of anilines is 1. The molecule has 7 aromatic rings. The molecule has 0 saturated carbocycles. The van der Waals surface area contributed by atoms with Gasteiger partial charge in [-0.3, -0.25) is 19.5 Å². The van der Waals surface area contributed by atoms with Crippen molar-refractivity contribution < 1.29 is 38.2 Å². The van der Waals surface area contributed by atoms with Gasteiger partial charge in [0.25, 0.3) is 11.8 Å². The first-order chi connectivity index (χ1) is 34.8. The van der Waals surface area contributed by atoms with Crippen molar-refractivity contribution in [2.24, 2.45) is 5.16 Å². The minimum absolute atomic E-state index is 0.0274. The van der Waals surface area contributed by atoms with E-state index in [2.05, 4.69) is 57.2 Å². The number of oxime groups is 1. The van der Waals surface area contributed by atoms with Crippen LogP contribution >= 0.6 is 34.9 Å². The van der Waals surface area contributed by atoms with Crippen LogP contribution in [-0.4, -0.2) is 76.9 Å². The van der Waals surface area contributed by atoms with E-state index in [0.29, 0.717) is 44.4 Å². The Morgan fingerprint density at radius 1 is 0.789 bits per heavy atom. The molecule has 9 rings (SSSR count). The second kappa shape index (κ2) is 22.4. The topological polar surface area (TPSA) is 163 Å². The summed E-state index contributed by atoms with van der Waals surface area (Å²) in [4.78, 5) is 60.6. The maximum Gasteiger partial charge on any atom is 0.356 e. The highest BCUT2D eigenvalue weighted by Crippen LogP contribution is 2.45. The predicted molar refractivity (Wildman–Crippen MR) is 276 cm³/mol. The Morgan fingerprint density at radius 2 is 1.44 bits per heavy atom. The lowest BCUT2D eigenvalue weighted by Gasteiger charge is -2.49. The summed E-state index contributed by atoms with van der Waals surface area (Å²) in [7, 11) is 4.68. The number of methoxy groups -OCH3 is 3. The number of β-lactam (4-membered cyclic amide) rings is 1. The Labute approximate surface area is 423 Å². The second-order valence-electron chi connectivity index (χ2n) is 16.1. The number of hydrogen-bond acceptors (Lipinski definition) is 15. The van der Waals surface area contributed by atoms with E-state index in [9.17, 15) is 14.4 Å². The second-order valence-corrected chi connectivity index (χ2v) is 19.1. The largest absolute Gasteiger partial charge is 0.497 e. The Hall–Kier alpha value is -7.60. The molecule has 2 aliphatic rings. The molecule has 1 saturated heterocycles. The summed E-state index contributed by atoms with van der Waals surface area (Å²) in [5, 5.41) is 12.7. The number of nitrogens with zero attached hydrogens (tertiary/aromatic N) is 4. The fourth-order valence-electron chi connectivity index (χ4n) is 8.21. The Morgan fingerprint density at radius 3 is 2.06 bits per heavy atom. The monoisotopic (exact) mass is 1000 g/mol. The van der Waals surface area contributed by atoms with Gasteiger partial charge in [-0.2, -0.15) is 0 Å². The molecule has 17 heteroatoms. The van der Waals surface area contributed by atoms with E-state index in [0.717, 1.165) is 27.9 Å². The van der Waals surface area contributed by atoms with Gasteiger partial charge < -0.3 is 34.4 Å². The highest BCUT2D eigenvalue weighted by molar-refractivity contribution is 8.05. The molecule has 2 aliphatic heterocycles. The molecule has 4 heterocycles. The molecule has 0 unspecified atom stereocenters. The van der Waals surface area contributed by atoms with Crippen LogP contribution < -0.4 is 24.8 Å². The Kier molecular flexibility index (Phi) is 15.3. The lowest BCUT2D eigenvalue weighted by atomic mass is 9.77. The molecule has 2 N–H and O–H groups in total. The van der Waals surface area contributed by atoms with Crippen LogP contribution in [0.5, 0.6) is 17.2 Å². The summed E-state index contributed by atoms with van der Waals surface area (Å²) >= 11 is 4.15. The average molecular weight is 1010 g/mol. The van der Waals surface area contributed by atoms with Crippen molar-refractivity contribution in [3.8, 4) is 17.2 Å². The first-order valence-electron chi connectivity index (χ1n) is 22.4. The third kappa shape index (κ3) is 10.6. The number of amides is 2. The van der Waals surface area contributed by atoms with E-state index < -0.39 is 34.7 Å². The van der Waals surface area contributed by atoms with E-state index in [-0.39, 0.29) is 30.3 Å². The molecule has 14 nitrogen and oxygen atoms in total. The smallest absolute Gasteiger partial charge is 0.356 e. The van der Waals surface area contributed by atoms with Crippen LogP contribution in [0.4, 0.5) is 5.13 Å². The number of rotatable bonds is 20. The van der Waals surface area contributed by atoms with Gasteiger partial charge >= 0.3 is 5.97 Å². The number of hydrogen-bond donors (Lipinski definition) is 2. The summed E-state index contributed by atoms with van der Waals surface area (Å²) < 4.78 is 22.1. The number of aromatic nitrogens is 2. The summed E-state index contributed by atoms with van der Waals surface area (Å²) in [5.74, 6) is 0.774. The van der Waals surface area contributed by atoms with Gasteiger partial charge in [0.1, 0.15) is 58.8 Å².